The molecule has 112 valence electrons. The van der Waals surface area contributed by atoms with Gasteiger partial charge in [0.15, 0.2) is 1.41 Å². The second-order valence-electron chi connectivity index (χ2n) is 4.62. The van der Waals surface area contributed by atoms with Crippen molar-refractivity contribution in [2.45, 2.75) is 38.3 Å². The average Bonchev–Trinajstić information content (AvgIpc) is 2.44. The van der Waals surface area contributed by atoms with Gasteiger partial charge in [-0.05, 0) is 26.0 Å². The van der Waals surface area contributed by atoms with Crippen LogP contribution in [-0.2, 0) is 10.9 Å². The number of nitrogens with one attached hydrogen (secondary N) is 2. The molecule has 20 heavy (non-hydrogen) atoms. The van der Waals surface area contributed by atoms with Gasteiger partial charge in [-0.25, -0.2) is 4.98 Å². The molecule has 0 amide bonds. The molecule has 0 spiro atoms. The summed E-state index contributed by atoms with van der Waals surface area (Å²) in [7, 11) is 0. The Hall–Kier alpha value is -1.34. The first kappa shape index (κ1) is 11.3. The zero-order valence-corrected chi connectivity index (χ0v) is 11.1. The van der Waals surface area contributed by atoms with E-state index < -0.39 is 30.4 Å². The van der Waals surface area contributed by atoms with Gasteiger partial charge in [-0.3, -0.25) is 0 Å². The Morgan fingerprint density at radius 1 is 1.55 bits per heavy atom. The predicted molar refractivity (Wildman–Crippen MR) is 69.5 cm³/mol. The molecule has 0 saturated carbocycles. The van der Waals surface area contributed by atoms with Crippen molar-refractivity contribution >= 4 is 5.82 Å². The second-order valence-corrected chi connectivity index (χ2v) is 4.62. The Morgan fingerprint density at radius 3 is 2.90 bits per heavy atom. The minimum atomic E-state index is -4.47. The van der Waals surface area contributed by atoms with Gasteiger partial charge in [-0.2, -0.15) is 13.2 Å². The highest BCUT2D eigenvalue weighted by molar-refractivity contribution is 5.36. The maximum absolute atomic E-state index is 12.5. The summed E-state index contributed by atoms with van der Waals surface area (Å²) < 4.78 is 66.5. The van der Waals surface area contributed by atoms with Crippen molar-refractivity contribution in [1.29, 1.82) is 0 Å². The van der Waals surface area contributed by atoms with Crippen LogP contribution < -0.4 is 10.6 Å². The normalized spacial score (nSPS) is 32.0. The molecule has 1 aliphatic heterocycles. The topological polar surface area (TPSA) is 46.2 Å². The molecule has 0 unspecified atom stereocenters. The molecular formula is C13H18F3N3O. The van der Waals surface area contributed by atoms with Gasteiger partial charge < -0.3 is 15.4 Å². The Labute approximate surface area is 120 Å². The van der Waals surface area contributed by atoms with E-state index in [4.69, 9.17) is 8.89 Å². The molecule has 0 radical (unpaired) electrons. The number of anilines is 1. The highest BCUT2D eigenvalue weighted by Gasteiger charge is 2.30. The molecule has 1 aliphatic rings. The van der Waals surface area contributed by atoms with E-state index in [0.29, 0.717) is 6.20 Å². The lowest BCUT2D eigenvalue weighted by molar-refractivity contribution is -0.137. The van der Waals surface area contributed by atoms with Crippen LogP contribution in [0.2, 0.25) is 1.41 Å². The highest BCUT2D eigenvalue weighted by atomic mass is 19.4. The molecule has 3 atom stereocenters. The lowest BCUT2D eigenvalue weighted by Crippen LogP contribution is -2.53. The van der Waals surface area contributed by atoms with Gasteiger partial charge in [0.1, 0.15) is 5.82 Å². The van der Waals surface area contributed by atoms with Crippen LogP contribution in [0.1, 0.15) is 22.2 Å². The lowest BCUT2D eigenvalue weighted by atomic mass is 10.1. The molecular weight excluding hydrogens is 271 g/mol. The second kappa shape index (κ2) is 5.97. The number of ether oxygens (including phenoxy) is 1. The van der Waals surface area contributed by atoms with Crippen LogP contribution in [0.5, 0.6) is 0 Å². The van der Waals surface area contributed by atoms with Crippen molar-refractivity contribution in [3.63, 3.8) is 0 Å². The summed E-state index contributed by atoms with van der Waals surface area (Å²) in [5.41, 5.74) is -0.882. The summed E-state index contributed by atoms with van der Waals surface area (Å²) in [6, 6.07) is 1.48. The molecule has 1 aromatic heterocycles. The first-order valence-corrected chi connectivity index (χ1v) is 6.23. The average molecular weight is 292 g/mol. The highest BCUT2D eigenvalue weighted by Crippen LogP contribution is 2.28. The van der Waals surface area contributed by atoms with E-state index in [2.05, 4.69) is 10.3 Å². The summed E-state index contributed by atoms with van der Waals surface area (Å²) >= 11 is 0. The number of morpholine rings is 1. The summed E-state index contributed by atoms with van der Waals surface area (Å²) in [4.78, 5) is 3.64. The summed E-state index contributed by atoms with van der Waals surface area (Å²) in [5, 5.41) is 3.69. The van der Waals surface area contributed by atoms with E-state index in [1.165, 1.54) is 0 Å². The zero-order valence-electron chi connectivity index (χ0n) is 14.1. The third-order valence-electron chi connectivity index (χ3n) is 2.98. The van der Waals surface area contributed by atoms with Crippen molar-refractivity contribution in [2.24, 2.45) is 0 Å². The fourth-order valence-electron chi connectivity index (χ4n) is 1.83. The Bertz CT molecular complexity index is 542. The number of aromatic nitrogens is 1. The third-order valence-corrected chi connectivity index (χ3v) is 2.98. The summed E-state index contributed by atoms with van der Waals surface area (Å²) in [6.07, 6.45) is -4.79. The van der Waals surface area contributed by atoms with Crippen LogP contribution in [0.4, 0.5) is 19.0 Å². The minimum absolute atomic E-state index is 0.0196. The van der Waals surface area contributed by atoms with Gasteiger partial charge in [0, 0.05) is 22.0 Å². The van der Waals surface area contributed by atoms with E-state index in [-0.39, 0.29) is 18.5 Å². The van der Waals surface area contributed by atoms with Crippen LogP contribution in [0, 0.1) is 0 Å². The smallest absolute Gasteiger partial charge is 0.373 e. The first-order valence-electron chi connectivity index (χ1n) is 7.68. The molecule has 2 N–H and O–H groups in total. The van der Waals surface area contributed by atoms with E-state index in [0.717, 1.165) is 17.4 Å². The predicted octanol–water partition coefficient (Wildman–Crippen LogP) is 2.28. The molecule has 7 heteroatoms. The van der Waals surface area contributed by atoms with Gasteiger partial charge in [-0.15, -0.1) is 0 Å². The molecule has 1 fully saturated rings. The molecule has 1 aromatic rings. The van der Waals surface area contributed by atoms with E-state index in [1.807, 2.05) is 0 Å². The van der Waals surface area contributed by atoms with Crippen LogP contribution in [0.15, 0.2) is 18.3 Å². The number of hydrogen-bond donors (Lipinski definition) is 2. The van der Waals surface area contributed by atoms with Gasteiger partial charge in [-0.1, -0.05) is 0 Å². The van der Waals surface area contributed by atoms with E-state index >= 15 is 0 Å². The van der Waals surface area contributed by atoms with Gasteiger partial charge >= 0.3 is 6.18 Å². The molecule has 2 rings (SSSR count). The van der Waals surface area contributed by atoms with Crippen molar-refractivity contribution in [1.82, 2.24) is 10.3 Å². The van der Waals surface area contributed by atoms with Gasteiger partial charge in [0.2, 0.25) is 0 Å². The molecule has 4 nitrogen and oxygen atoms in total. The summed E-state index contributed by atoms with van der Waals surface area (Å²) in [6.45, 7) is 1.63. The minimum Gasteiger partial charge on any atom is -0.373 e. The van der Waals surface area contributed by atoms with Crippen LogP contribution >= 0.6 is 0 Å². The quantitative estimate of drug-likeness (QED) is 0.897. The number of alkyl halides is 3. The molecule has 1 saturated heterocycles. The van der Waals surface area contributed by atoms with Gasteiger partial charge in [0.05, 0.1) is 23.8 Å². The zero-order chi connectivity index (χ0) is 17.4. The maximum Gasteiger partial charge on any atom is 0.417 e. The molecule has 0 bridgehead atoms. The number of halogens is 3. The van der Waals surface area contributed by atoms with Crippen molar-refractivity contribution in [3.8, 4) is 0 Å². The lowest BCUT2D eigenvalue weighted by Gasteiger charge is -2.34. The maximum atomic E-state index is 12.5. The Balaban J connectivity index is 2.05. The fraction of sp³-hybridized carbons (Fsp3) is 0.615. The van der Waals surface area contributed by atoms with Crippen molar-refractivity contribution in [3.05, 3.63) is 23.9 Å². The van der Waals surface area contributed by atoms with Crippen LogP contribution in [0.25, 0.3) is 0 Å². The van der Waals surface area contributed by atoms with E-state index in [1.54, 1.807) is 13.8 Å². The van der Waals surface area contributed by atoms with Crippen LogP contribution in [0.3, 0.4) is 0 Å². The first-order chi connectivity index (χ1) is 10.5. The van der Waals surface area contributed by atoms with E-state index in [9.17, 15) is 13.2 Å². The number of pyridine rings is 1. The molecule has 0 aromatic carbocycles. The molecule has 2 heterocycles. The standard InChI is InChI=1S/C13H18F3N3O/c1-8-5-17-11(9(2)20-8)7-19-12-4-3-10(6-18-12)13(14,15)16/h3-4,6,8-9,11,17H,5,7H2,1-2H3,(H,18,19)/t8-,9+,11-/m1/s1/i5D2/hD. The number of rotatable bonds is 3. The number of hydrogen-bond acceptors (Lipinski definition) is 4. The van der Waals surface area contributed by atoms with Crippen molar-refractivity contribution < 1.29 is 22.1 Å². The molecule has 0 aliphatic carbocycles. The van der Waals surface area contributed by atoms with Gasteiger partial charge in [0.25, 0.3) is 0 Å². The Morgan fingerprint density at radius 2 is 2.30 bits per heavy atom. The SMILES string of the molecule is [2H]N(C[C@H]1NC([2H])([2H])[C@@H](C)O[C@H]1C)c1ccc(C(F)(F)F)cn1. The fourth-order valence-corrected chi connectivity index (χ4v) is 1.83. The number of nitrogens with zero attached hydrogens (tertiary/aromatic N) is 1. The van der Waals surface area contributed by atoms with Crippen molar-refractivity contribution in [2.75, 3.05) is 18.4 Å². The summed E-state index contributed by atoms with van der Waals surface area (Å²) in [5.74, 6) is 0.0474. The Kier molecular flexibility index (Phi) is 3.38. The monoisotopic (exact) mass is 292 g/mol. The third kappa shape index (κ3) is 3.83. The van der Waals surface area contributed by atoms with Crippen LogP contribution in [-0.4, -0.2) is 36.3 Å². The largest absolute Gasteiger partial charge is 0.417 e.